The maximum absolute atomic E-state index is 5.67. The smallest absolute Gasteiger partial charge is 0.00741 e. The van der Waals surface area contributed by atoms with Crippen molar-refractivity contribution in [2.45, 2.75) is 45.4 Å². The largest absolute Gasteiger partial charge is 0.330 e. The van der Waals surface area contributed by atoms with E-state index in [2.05, 4.69) is 19.1 Å². The van der Waals surface area contributed by atoms with Crippen LogP contribution in [-0.2, 0) is 19.3 Å². The second-order valence-electron chi connectivity index (χ2n) is 5.18. The van der Waals surface area contributed by atoms with Crippen LogP contribution in [0.4, 0.5) is 0 Å². The first-order valence-electron chi connectivity index (χ1n) is 7.45. The summed E-state index contributed by atoms with van der Waals surface area (Å²) in [5, 5.41) is 0. The maximum Gasteiger partial charge on any atom is -0.00741 e. The summed E-state index contributed by atoms with van der Waals surface area (Å²) < 4.78 is 0. The van der Waals surface area contributed by atoms with E-state index >= 15 is 0 Å². The molecule has 1 aromatic rings. The van der Waals surface area contributed by atoms with Crippen molar-refractivity contribution in [3.63, 3.8) is 0 Å². The molecule has 0 heterocycles. The molecule has 108 valence electrons. The lowest BCUT2D eigenvalue weighted by atomic mass is 9.89. The van der Waals surface area contributed by atoms with E-state index in [4.69, 9.17) is 17.2 Å². The molecule has 0 saturated carbocycles. The molecule has 0 bridgehead atoms. The highest BCUT2D eigenvalue weighted by atomic mass is 14.5. The first kappa shape index (κ1) is 16.2. The summed E-state index contributed by atoms with van der Waals surface area (Å²) in [7, 11) is 0. The van der Waals surface area contributed by atoms with Crippen LogP contribution in [0.2, 0.25) is 0 Å². The third-order valence-electron chi connectivity index (χ3n) is 3.67. The topological polar surface area (TPSA) is 78.1 Å². The highest BCUT2D eigenvalue weighted by Crippen LogP contribution is 2.23. The molecule has 0 saturated heterocycles. The van der Waals surface area contributed by atoms with Crippen LogP contribution in [-0.4, -0.2) is 19.6 Å². The number of benzene rings is 1. The molecule has 0 fully saturated rings. The summed E-state index contributed by atoms with van der Waals surface area (Å²) in [4.78, 5) is 0. The van der Waals surface area contributed by atoms with E-state index in [1.165, 1.54) is 22.3 Å². The molecule has 3 heteroatoms. The van der Waals surface area contributed by atoms with Gasteiger partial charge >= 0.3 is 0 Å². The Morgan fingerprint density at radius 3 is 1.84 bits per heavy atom. The fraction of sp³-hybridized carbons (Fsp3) is 0.625. The average molecular weight is 263 g/mol. The van der Waals surface area contributed by atoms with E-state index in [1.54, 1.807) is 0 Å². The second-order valence-corrected chi connectivity index (χ2v) is 5.18. The van der Waals surface area contributed by atoms with Gasteiger partial charge < -0.3 is 17.2 Å². The molecule has 0 aromatic heterocycles. The van der Waals surface area contributed by atoms with Gasteiger partial charge in [-0.1, -0.05) is 12.1 Å². The Kier molecular flexibility index (Phi) is 7.72. The van der Waals surface area contributed by atoms with Gasteiger partial charge in [0.1, 0.15) is 0 Å². The monoisotopic (exact) mass is 263 g/mol. The summed E-state index contributed by atoms with van der Waals surface area (Å²) in [6.07, 6.45) is 6.39. The van der Waals surface area contributed by atoms with Crippen molar-refractivity contribution < 1.29 is 0 Å². The standard InChI is InChI=1S/C16H29N3/c1-13-8-9-14(5-2-10-17)16(7-4-12-19)15(13)6-3-11-18/h8-9H,2-7,10-12,17-19H2,1H3. The molecule has 0 aliphatic rings. The molecule has 19 heavy (non-hydrogen) atoms. The number of rotatable bonds is 9. The molecule has 3 nitrogen and oxygen atoms in total. The Morgan fingerprint density at radius 1 is 0.737 bits per heavy atom. The molecule has 0 spiro atoms. The predicted octanol–water partition coefficient (Wildman–Crippen LogP) is 1.67. The van der Waals surface area contributed by atoms with Gasteiger partial charge in [0.05, 0.1) is 0 Å². The van der Waals surface area contributed by atoms with Crippen LogP contribution in [0.1, 0.15) is 41.5 Å². The van der Waals surface area contributed by atoms with Gasteiger partial charge in [-0.3, -0.25) is 0 Å². The first-order valence-corrected chi connectivity index (χ1v) is 7.45. The lowest BCUT2D eigenvalue weighted by molar-refractivity contribution is 0.762. The summed E-state index contributed by atoms with van der Waals surface area (Å²) in [5.41, 5.74) is 22.8. The molecule has 0 aliphatic heterocycles. The summed E-state index contributed by atoms with van der Waals surface area (Å²) >= 11 is 0. The Labute approximate surface area is 117 Å². The third kappa shape index (κ3) is 4.94. The first-order chi connectivity index (χ1) is 9.24. The van der Waals surface area contributed by atoms with Crippen molar-refractivity contribution >= 4 is 0 Å². The van der Waals surface area contributed by atoms with Crippen LogP contribution < -0.4 is 17.2 Å². The minimum Gasteiger partial charge on any atom is -0.330 e. The quantitative estimate of drug-likeness (QED) is 0.634. The van der Waals surface area contributed by atoms with E-state index in [9.17, 15) is 0 Å². The third-order valence-corrected chi connectivity index (χ3v) is 3.67. The number of nitrogens with two attached hydrogens (primary N) is 3. The van der Waals surface area contributed by atoms with E-state index in [0.29, 0.717) is 0 Å². The molecule has 0 unspecified atom stereocenters. The van der Waals surface area contributed by atoms with Gasteiger partial charge in [-0.2, -0.15) is 0 Å². The van der Waals surface area contributed by atoms with Gasteiger partial charge in [0.15, 0.2) is 0 Å². The van der Waals surface area contributed by atoms with Gasteiger partial charge in [0, 0.05) is 0 Å². The highest BCUT2D eigenvalue weighted by Gasteiger charge is 2.10. The van der Waals surface area contributed by atoms with Gasteiger partial charge in [-0.25, -0.2) is 0 Å². The van der Waals surface area contributed by atoms with Crippen molar-refractivity contribution in [2.24, 2.45) is 17.2 Å². The van der Waals surface area contributed by atoms with E-state index < -0.39 is 0 Å². The summed E-state index contributed by atoms with van der Waals surface area (Å²) in [5.74, 6) is 0. The Morgan fingerprint density at radius 2 is 1.26 bits per heavy atom. The van der Waals surface area contributed by atoms with Crippen LogP contribution in [0.25, 0.3) is 0 Å². The fourth-order valence-corrected chi connectivity index (χ4v) is 2.60. The minimum atomic E-state index is 0.751. The molecule has 1 aromatic carbocycles. The van der Waals surface area contributed by atoms with Crippen LogP contribution >= 0.6 is 0 Å². The van der Waals surface area contributed by atoms with Gasteiger partial charge in [-0.05, 0) is 87.3 Å². The Hall–Kier alpha value is -0.900. The van der Waals surface area contributed by atoms with Crippen molar-refractivity contribution in [1.29, 1.82) is 0 Å². The molecule has 0 amide bonds. The summed E-state index contributed by atoms with van der Waals surface area (Å²) in [6, 6.07) is 4.51. The lowest BCUT2D eigenvalue weighted by Gasteiger charge is -2.17. The van der Waals surface area contributed by atoms with Crippen molar-refractivity contribution in [3.05, 3.63) is 34.4 Å². The Balaban J connectivity index is 3.00. The molecular formula is C16H29N3. The minimum absolute atomic E-state index is 0.751. The van der Waals surface area contributed by atoms with Crippen molar-refractivity contribution in [2.75, 3.05) is 19.6 Å². The zero-order valence-electron chi connectivity index (χ0n) is 12.3. The number of hydrogen-bond acceptors (Lipinski definition) is 3. The zero-order valence-corrected chi connectivity index (χ0v) is 12.3. The molecule has 0 radical (unpaired) electrons. The normalized spacial score (nSPS) is 10.9. The zero-order chi connectivity index (χ0) is 14.1. The van der Waals surface area contributed by atoms with Gasteiger partial charge in [0.25, 0.3) is 0 Å². The molecular weight excluding hydrogens is 234 g/mol. The van der Waals surface area contributed by atoms with Crippen LogP contribution in [0.15, 0.2) is 12.1 Å². The predicted molar refractivity (Wildman–Crippen MR) is 83.3 cm³/mol. The number of aryl methyl sites for hydroxylation is 2. The lowest BCUT2D eigenvalue weighted by Crippen LogP contribution is -2.10. The SMILES string of the molecule is Cc1ccc(CCCN)c(CCCN)c1CCCN. The van der Waals surface area contributed by atoms with E-state index in [0.717, 1.165) is 58.2 Å². The van der Waals surface area contributed by atoms with E-state index in [-0.39, 0.29) is 0 Å². The van der Waals surface area contributed by atoms with Crippen LogP contribution in [0.3, 0.4) is 0 Å². The maximum atomic E-state index is 5.67. The Bertz CT molecular complexity index is 375. The van der Waals surface area contributed by atoms with Crippen molar-refractivity contribution in [1.82, 2.24) is 0 Å². The molecule has 0 aliphatic carbocycles. The highest BCUT2D eigenvalue weighted by molar-refractivity contribution is 5.41. The average Bonchev–Trinajstić information content (AvgIpc) is 2.42. The molecule has 6 N–H and O–H groups in total. The van der Waals surface area contributed by atoms with E-state index in [1.807, 2.05) is 0 Å². The van der Waals surface area contributed by atoms with Gasteiger partial charge in [0.2, 0.25) is 0 Å². The number of hydrogen-bond donors (Lipinski definition) is 3. The van der Waals surface area contributed by atoms with Crippen LogP contribution in [0.5, 0.6) is 0 Å². The van der Waals surface area contributed by atoms with Crippen molar-refractivity contribution in [3.8, 4) is 0 Å². The fourth-order valence-electron chi connectivity index (χ4n) is 2.60. The van der Waals surface area contributed by atoms with Crippen LogP contribution in [0, 0.1) is 6.92 Å². The van der Waals surface area contributed by atoms with Gasteiger partial charge in [-0.15, -0.1) is 0 Å². The second kappa shape index (κ2) is 9.08. The molecule has 0 atom stereocenters. The summed E-state index contributed by atoms with van der Waals surface area (Å²) in [6.45, 7) is 4.45. The molecule has 1 rings (SSSR count).